The molecule has 2 heterocycles. The minimum atomic E-state index is 0.819. The van der Waals surface area contributed by atoms with E-state index >= 15 is 0 Å². The van der Waals surface area contributed by atoms with E-state index in [0.29, 0.717) is 0 Å². The average Bonchev–Trinajstić information content (AvgIpc) is 2.75. The van der Waals surface area contributed by atoms with Crippen molar-refractivity contribution in [2.45, 2.75) is 78.1 Å². The second-order valence-electron chi connectivity index (χ2n) is 8.82. The number of unbranched alkanes of at least 4 members (excludes halogenated alkanes) is 1. The third kappa shape index (κ3) is 6.14. The Kier molecular flexibility index (Phi) is 8.98. The van der Waals surface area contributed by atoms with Gasteiger partial charge in [-0.05, 0) is 69.7 Å². The molecular weight excluding hydrogens is 344 g/mol. The van der Waals surface area contributed by atoms with Crippen molar-refractivity contribution in [2.24, 2.45) is 5.92 Å². The molecule has 0 radical (unpaired) electrons. The second kappa shape index (κ2) is 11.7. The molecule has 0 aliphatic carbocycles. The van der Waals surface area contributed by atoms with Crippen LogP contribution < -0.4 is 9.64 Å². The van der Waals surface area contributed by atoms with Crippen LogP contribution in [0.25, 0.3) is 0 Å². The number of piperidine rings is 1. The molecule has 0 spiro atoms. The van der Waals surface area contributed by atoms with Crippen molar-refractivity contribution in [3.63, 3.8) is 0 Å². The van der Waals surface area contributed by atoms with Gasteiger partial charge >= 0.3 is 0 Å². The van der Waals surface area contributed by atoms with Crippen molar-refractivity contribution in [1.29, 1.82) is 0 Å². The molecule has 1 fully saturated rings. The highest BCUT2D eigenvalue weighted by molar-refractivity contribution is 5.61. The average molecular weight is 387 g/mol. The predicted octanol–water partition coefficient (Wildman–Crippen LogP) is 5.91. The first-order valence-electron chi connectivity index (χ1n) is 12.0. The zero-order valence-corrected chi connectivity index (χ0v) is 18.4. The fourth-order valence-corrected chi connectivity index (χ4v) is 4.88. The number of anilines is 1. The van der Waals surface area contributed by atoms with Gasteiger partial charge in [0.05, 0.1) is 6.61 Å². The van der Waals surface area contributed by atoms with E-state index in [2.05, 4.69) is 41.8 Å². The van der Waals surface area contributed by atoms with Crippen molar-refractivity contribution in [3.05, 3.63) is 23.8 Å². The summed E-state index contributed by atoms with van der Waals surface area (Å²) in [5.74, 6) is 1.96. The summed E-state index contributed by atoms with van der Waals surface area (Å²) in [6, 6.07) is 6.71. The van der Waals surface area contributed by atoms with Gasteiger partial charge in [-0.25, -0.2) is 0 Å². The molecule has 2 aliphatic heterocycles. The molecule has 3 rings (SSSR count). The minimum absolute atomic E-state index is 0.819. The monoisotopic (exact) mass is 386 g/mol. The van der Waals surface area contributed by atoms with Crippen molar-refractivity contribution in [2.75, 3.05) is 44.2 Å². The molecular formula is C25H42N2O. The molecule has 1 aromatic carbocycles. The van der Waals surface area contributed by atoms with E-state index in [1.54, 1.807) is 0 Å². The van der Waals surface area contributed by atoms with Crippen molar-refractivity contribution >= 4 is 5.69 Å². The minimum Gasteiger partial charge on any atom is -0.493 e. The number of hydrogen-bond acceptors (Lipinski definition) is 3. The second-order valence-corrected chi connectivity index (χ2v) is 8.82. The Bertz CT molecular complexity index is 568. The van der Waals surface area contributed by atoms with Crippen LogP contribution in [-0.2, 0) is 6.42 Å². The molecule has 0 N–H and O–H groups in total. The van der Waals surface area contributed by atoms with Crippen molar-refractivity contribution in [3.8, 4) is 5.75 Å². The lowest BCUT2D eigenvalue weighted by atomic mass is 9.95. The summed E-state index contributed by atoms with van der Waals surface area (Å²) in [6.45, 7) is 11.7. The highest BCUT2D eigenvalue weighted by atomic mass is 16.5. The summed E-state index contributed by atoms with van der Waals surface area (Å²) in [4.78, 5) is 5.25. The first-order chi connectivity index (χ1) is 13.8. The SMILES string of the molecule is CCCCC(CC)CN1CCCc2c(OCCCN3CCCCC3)cccc21. The maximum Gasteiger partial charge on any atom is 0.124 e. The molecule has 0 aromatic heterocycles. The van der Waals surface area contributed by atoms with Crippen molar-refractivity contribution in [1.82, 2.24) is 4.90 Å². The Balaban J connectivity index is 1.54. The van der Waals surface area contributed by atoms with E-state index in [0.717, 1.165) is 24.7 Å². The molecule has 0 saturated carbocycles. The van der Waals surface area contributed by atoms with E-state index in [9.17, 15) is 0 Å². The Morgan fingerprint density at radius 2 is 1.86 bits per heavy atom. The summed E-state index contributed by atoms with van der Waals surface area (Å²) in [7, 11) is 0. The number of rotatable bonds is 11. The van der Waals surface area contributed by atoms with Gasteiger partial charge in [-0.15, -0.1) is 0 Å². The lowest BCUT2D eigenvalue weighted by Crippen LogP contribution is -2.34. The number of ether oxygens (including phenoxy) is 1. The normalized spacial score (nSPS) is 18.7. The number of hydrogen-bond donors (Lipinski definition) is 0. The van der Waals surface area contributed by atoms with Gasteiger partial charge in [-0.3, -0.25) is 0 Å². The summed E-state index contributed by atoms with van der Waals surface area (Å²) >= 11 is 0. The van der Waals surface area contributed by atoms with Gasteiger partial charge in [0.15, 0.2) is 0 Å². The number of nitrogens with zero attached hydrogens (tertiary/aromatic N) is 2. The highest BCUT2D eigenvalue weighted by Crippen LogP contribution is 2.35. The van der Waals surface area contributed by atoms with E-state index in [1.807, 2.05) is 0 Å². The van der Waals surface area contributed by atoms with Gasteiger partial charge < -0.3 is 14.5 Å². The lowest BCUT2D eigenvalue weighted by molar-refractivity contribution is 0.204. The molecule has 1 atom stereocenters. The molecule has 1 aromatic rings. The zero-order chi connectivity index (χ0) is 19.6. The Hall–Kier alpha value is -1.22. The van der Waals surface area contributed by atoms with Crippen LogP contribution in [0.15, 0.2) is 18.2 Å². The van der Waals surface area contributed by atoms with Gasteiger partial charge in [0.1, 0.15) is 5.75 Å². The van der Waals surface area contributed by atoms with Crippen LogP contribution >= 0.6 is 0 Å². The third-order valence-corrected chi connectivity index (χ3v) is 6.65. The quantitative estimate of drug-likeness (QED) is 0.440. The summed E-state index contributed by atoms with van der Waals surface area (Å²) in [5, 5.41) is 0. The first-order valence-corrected chi connectivity index (χ1v) is 12.0. The van der Waals surface area contributed by atoms with Gasteiger partial charge in [-0.2, -0.15) is 0 Å². The van der Waals surface area contributed by atoms with Crippen molar-refractivity contribution < 1.29 is 4.74 Å². The van der Waals surface area contributed by atoms with E-state index in [4.69, 9.17) is 4.74 Å². The maximum absolute atomic E-state index is 6.29. The Morgan fingerprint density at radius 3 is 2.64 bits per heavy atom. The molecule has 1 unspecified atom stereocenters. The Labute approximate surface area is 173 Å². The van der Waals surface area contributed by atoms with Crippen LogP contribution in [0.1, 0.15) is 77.2 Å². The number of benzene rings is 1. The third-order valence-electron chi connectivity index (χ3n) is 6.65. The Morgan fingerprint density at radius 1 is 1.00 bits per heavy atom. The molecule has 1 saturated heterocycles. The van der Waals surface area contributed by atoms with Gasteiger partial charge in [-0.1, -0.05) is 45.6 Å². The van der Waals surface area contributed by atoms with E-state index < -0.39 is 0 Å². The summed E-state index contributed by atoms with van der Waals surface area (Å²) in [6.07, 6.45) is 13.1. The van der Waals surface area contributed by atoms with Crippen LogP contribution in [0.4, 0.5) is 5.69 Å². The van der Waals surface area contributed by atoms with Gasteiger partial charge in [0.25, 0.3) is 0 Å². The smallest absolute Gasteiger partial charge is 0.124 e. The molecule has 2 aliphatic rings. The lowest BCUT2D eigenvalue weighted by Gasteiger charge is -2.35. The molecule has 3 heteroatoms. The zero-order valence-electron chi connectivity index (χ0n) is 18.4. The van der Waals surface area contributed by atoms with Crippen LogP contribution in [0, 0.1) is 5.92 Å². The largest absolute Gasteiger partial charge is 0.493 e. The maximum atomic E-state index is 6.29. The number of fused-ring (bicyclic) bond motifs is 1. The first kappa shape index (κ1) is 21.5. The molecule has 3 nitrogen and oxygen atoms in total. The molecule has 28 heavy (non-hydrogen) atoms. The highest BCUT2D eigenvalue weighted by Gasteiger charge is 2.22. The van der Waals surface area contributed by atoms with Crippen LogP contribution in [-0.4, -0.2) is 44.2 Å². The van der Waals surface area contributed by atoms with E-state index in [1.165, 1.54) is 102 Å². The van der Waals surface area contributed by atoms with Crippen LogP contribution in [0.2, 0.25) is 0 Å². The molecule has 0 amide bonds. The van der Waals surface area contributed by atoms with Gasteiger partial charge in [0.2, 0.25) is 0 Å². The summed E-state index contributed by atoms with van der Waals surface area (Å²) in [5.41, 5.74) is 2.90. The van der Waals surface area contributed by atoms with Crippen LogP contribution in [0.3, 0.4) is 0 Å². The molecule has 158 valence electrons. The fourth-order valence-electron chi connectivity index (χ4n) is 4.88. The fraction of sp³-hybridized carbons (Fsp3) is 0.760. The summed E-state index contributed by atoms with van der Waals surface area (Å²) < 4.78 is 6.29. The topological polar surface area (TPSA) is 15.7 Å². The van der Waals surface area contributed by atoms with Crippen LogP contribution in [0.5, 0.6) is 5.75 Å². The number of likely N-dealkylation sites (tertiary alicyclic amines) is 1. The van der Waals surface area contributed by atoms with E-state index in [-0.39, 0.29) is 0 Å². The molecule has 0 bridgehead atoms. The standard InChI is InChI=1S/C25H42N2O/c1-3-5-12-22(4-2)21-27-19-10-13-23-24(27)14-9-15-25(23)28-20-11-18-26-16-7-6-8-17-26/h9,14-15,22H,3-8,10-13,16-21H2,1-2H3. The van der Waals surface area contributed by atoms with Gasteiger partial charge in [0, 0.05) is 30.9 Å². The predicted molar refractivity (Wildman–Crippen MR) is 121 cm³/mol.